The van der Waals surface area contributed by atoms with Gasteiger partial charge in [-0.05, 0) is 76.5 Å². The summed E-state index contributed by atoms with van der Waals surface area (Å²) in [7, 11) is 0. The molecule has 4 rings (SSSR count). The second-order valence-electron chi connectivity index (χ2n) is 9.20. The molecule has 1 aromatic carbocycles. The van der Waals surface area contributed by atoms with E-state index >= 15 is 0 Å². The van der Waals surface area contributed by atoms with Gasteiger partial charge < -0.3 is 10.1 Å². The summed E-state index contributed by atoms with van der Waals surface area (Å²) in [4.78, 5) is 11.9. The fraction of sp³-hybridized carbons (Fsp3) is 0.650. The van der Waals surface area contributed by atoms with E-state index in [0.717, 1.165) is 12.1 Å². The number of carbonyl (C=O) groups is 1. The SMILES string of the molecule is CC(Cc1cccc(NC(=O)OC(C)(C)C)c1)NC12CC(C)(C1)C2. The molecule has 4 nitrogen and oxygen atoms in total. The first-order chi connectivity index (χ1) is 11.1. The van der Waals surface area contributed by atoms with Crippen LogP contribution in [-0.2, 0) is 11.2 Å². The van der Waals surface area contributed by atoms with Crippen LogP contribution in [0.1, 0.15) is 59.4 Å². The highest BCUT2D eigenvalue weighted by Crippen LogP contribution is 2.66. The lowest BCUT2D eigenvalue weighted by molar-refractivity contribution is -0.144. The van der Waals surface area contributed by atoms with Crippen molar-refractivity contribution in [2.45, 2.75) is 77.5 Å². The van der Waals surface area contributed by atoms with Crippen molar-refractivity contribution >= 4 is 11.8 Å². The van der Waals surface area contributed by atoms with Crippen molar-refractivity contribution in [1.29, 1.82) is 0 Å². The minimum Gasteiger partial charge on any atom is -0.444 e. The van der Waals surface area contributed by atoms with Crippen LogP contribution in [0.2, 0.25) is 0 Å². The van der Waals surface area contributed by atoms with Gasteiger partial charge in [0.15, 0.2) is 0 Å². The van der Waals surface area contributed by atoms with E-state index in [2.05, 4.69) is 30.5 Å². The van der Waals surface area contributed by atoms with Gasteiger partial charge in [-0.2, -0.15) is 0 Å². The monoisotopic (exact) mass is 330 g/mol. The number of carbonyl (C=O) groups excluding carboxylic acids is 1. The van der Waals surface area contributed by atoms with Crippen molar-refractivity contribution in [3.8, 4) is 0 Å². The largest absolute Gasteiger partial charge is 0.444 e. The molecule has 0 saturated heterocycles. The lowest BCUT2D eigenvalue weighted by atomic mass is 9.40. The third-order valence-corrected chi connectivity index (χ3v) is 4.96. The highest BCUT2D eigenvalue weighted by Gasteiger charge is 2.64. The molecule has 3 aliphatic rings. The average Bonchev–Trinajstić information content (AvgIpc) is 2.33. The maximum absolute atomic E-state index is 11.9. The van der Waals surface area contributed by atoms with Gasteiger partial charge in [-0.25, -0.2) is 4.79 Å². The molecule has 0 aromatic heterocycles. The Kier molecular flexibility index (Phi) is 4.15. The van der Waals surface area contributed by atoms with Gasteiger partial charge in [0, 0.05) is 17.3 Å². The van der Waals surface area contributed by atoms with Crippen LogP contribution >= 0.6 is 0 Å². The molecule has 2 bridgehead atoms. The molecule has 0 radical (unpaired) electrons. The van der Waals surface area contributed by atoms with Gasteiger partial charge in [-0.1, -0.05) is 19.1 Å². The van der Waals surface area contributed by atoms with Gasteiger partial charge in [0.05, 0.1) is 0 Å². The van der Waals surface area contributed by atoms with Crippen LogP contribution in [0.15, 0.2) is 24.3 Å². The summed E-state index contributed by atoms with van der Waals surface area (Å²) in [6.45, 7) is 10.2. The van der Waals surface area contributed by atoms with Crippen LogP contribution in [0.25, 0.3) is 0 Å². The van der Waals surface area contributed by atoms with Gasteiger partial charge in [-0.3, -0.25) is 5.32 Å². The molecule has 2 N–H and O–H groups in total. The molecule has 3 aliphatic carbocycles. The zero-order valence-corrected chi connectivity index (χ0v) is 15.5. The molecule has 1 aromatic rings. The summed E-state index contributed by atoms with van der Waals surface area (Å²) in [6.07, 6.45) is 4.52. The van der Waals surface area contributed by atoms with E-state index in [1.165, 1.54) is 24.8 Å². The lowest BCUT2D eigenvalue weighted by Gasteiger charge is -2.70. The normalized spacial score (nSPS) is 29.2. The number of benzene rings is 1. The van der Waals surface area contributed by atoms with Crippen LogP contribution in [-0.4, -0.2) is 23.3 Å². The third kappa shape index (κ3) is 3.92. The van der Waals surface area contributed by atoms with Gasteiger partial charge in [0.25, 0.3) is 0 Å². The number of ether oxygens (including phenoxy) is 1. The number of anilines is 1. The fourth-order valence-electron chi connectivity index (χ4n) is 4.57. The van der Waals surface area contributed by atoms with E-state index in [-0.39, 0.29) is 0 Å². The Morgan fingerprint density at radius 2 is 1.96 bits per heavy atom. The summed E-state index contributed by atoms with van der Waals surface area (Å²) in [5.41, 5.74) is 2.57. The van der Waals surface area contributed by atoms with Crippen LogP contribution in [0.4, 0.5) is 10.5 Å². The Morgan fingerprint density at radius 3 is 2.54 bits per heavy atom. The number of hydrogen-bond acceptors (Lipinski definition) is 3. The second kappa shape index (κ2) is 5.76. The number of amides is 1. The van der Waals surface area contributed by atoms with Gasteiger partial charge >= 0.3 is 6.09 Å². The molecule has 24 heavy (non-hydrogen) atoms. The molecule has 1 amide bonds. The van der Waals surface area contributed by atoms with Crippen molar-refractivity contribution in [2.75, 3.05) is 5.32 Å². The Labute approximate surface area is 145 Å². The molecule has 0 aliphatic heterocycles. The fourth-order valence-corrected chi connectivity index (χ4v) is 4.57. The first-order valence-corrected chi connectivity index (χ1v) is 8.93. The molecule has 1 atom stereocenters. The molecule has 0 spiro atoms. The smallest absolute Gasteiger partial charge is 0.412 e. The van der Waals surface area contributed by atoms with Crippen molar-refractivity contribution in [2.24, 2.45) is 5.41 Å². The minimum absolute atomic E-state index is 0.409. The zero-order valence-electron chi connectivity index (χ0n) is 15.5. The van der Waals surface area contributed by atoms with E-state index in [9.17, 15) is 4.79 Å². The highest BCUT2D eigenvalue weighted by atomic mass is 16.6. The standard InChI is InChI=1S/C20H30N2O2/c1-14(22-20-11-19(5,12-20)13-20)9-15-7-6-8-16(10-15)21-17(23)24-18(2,3)4/h6-8,10,14,22H,9,11-13H2,1-5H3,(H,21,23). The van der Waals surface area contributed by atoms with Crippen molar-refractivity contribution < 1.29 is 9.53 Å². The van der Waals surface area contributed by atoms with E-state index < -0.39 is 11.7 Å². The summed E-state index contributed by atoms with van der Waals surface area (Å²) >= 11 is 0. The Hall–Kier alpha value is -1.55. The first kappa shape index (κ1) is 17.3. The Morgan fingerprint density at radius 1 is 1.29 bits per heavy atom. The second-order valence-corrected chi connectivity index (χ2v) is 9.20. The third-order valence-electron chi connectivity index (χ3n) is 4.96. The van der Waals surface area contributed by atoms with Crippen LogP contribution in [0.5, 0.6) is 0 Å². The quantitative estimate of drug-likeness (QED) is 0.836. The summed E-state index contributed by atoms with van der Waals surface area (Å²) in [6, 6.07) is 8.46. The Balaban J connectivity index is 1.52. The van der Waals surface area contributed by atoms with E-state index in [0.29, 0.717) is 17.0 Å². The van der Waals surface area contributed by atoms with E-state index in [4.69, 9.17) is 4.74 Å². The van der Waals surface area contributed by atoms with Gasteiger partial charge in [0.2, 0.25) is 0 Å². The van der Waals surface area contributed by atoms with Crippen molar-refractivity contribution in [3.63, 3.8) is 0 Å². The number of hydrogen-bond donors (Lipinski definition) is 2. The summed E-state index contributed by atoms with van der Waals surface area (Å²) in [5, 5.41) is 6.63. The maximum atomic E-state index is 11.9. The topological polar surface area (TPSA) is 50.4 Å². The van der Waals surface area contributed by atoms with E-state index in [1.807, 2.05) is 39.0 Å². The Bertz CT molecular complexity index is 613. The van der Waals surface area contributed by atoms with Gasteiger partial charge in [-0.15, -0.1) is 0 Å². The molecule has 4 heteroatoms. The molecule has 132 valence electrons. The van der Waals surface area contributed by atoms with Crippen molar-refractivity contribution in [1.82, 2.24) is 5.32 Å². The first-order valence-electron chi connectivity index (χ1n) is 8.93. The average molecular weight is 330 g/mol. The van der Waals surface area contributed by atoms with Crippen molar-refractivity contribution in [3.05, 3.63) is 29.8 Å². The minimum atomic E-state index is -0.487. The predicted octanol–water partition coefficient (Wildman–Crippen LogP) is 4.50. The molecule has 0 heterocycles. The molecular weight excluding hydrogens is 300 g/mol. The van der Waals surface area contributed by atoms with Crippen LogP contribution < -0.4 is 10.6 Å². The van der Waals surface area contributed by atoms with E-state index in [1.54, 1.807) is 0 Å². The number of nitrogens with one attached hydrogen (secondary N) is 2. The lowest BCUT2D eigenvalue weighted by Crippen LogP contribution is -2.74. The molecule has 1 unspecified atom stereocenters. The molecule has 3 saturated carbocycles. The summed E-state index contributed by atoms with van der Waals surface area (Å²) in [5.74, 6) is 0. The number of rotatable bonds is 5. The maximum Gasteiger partial charge on any atom is 0.412 e. The molecule has 3 fully saturated rings. The van der Waals surface area contributed by atoms with Crippen LogP contribution in [0, 0.1) is 5.41 Å². The van der Waals surface area contributed by atoms with Gasteiger partial charge in [0.1, 0.15) is 5.60 Å². The molecular formula is C20H30N2O2. The van der Waals surface area contributed by atoms with Crippen LogP contribution in [0.3, 0.4) is 0 Å². The highest BCUT2D eigenvalue weighted by molar-refractivity contribution is 5.84. The predicted molar refractivity (Wildman–Crippen MR) is 97.3 cm³/mol. The summed E-state index contributed by atoms with van der Waals surface area (Å²) < 4.78 is 5.30. The zero-order chi connectivity index (χ0) is 17.6.